The Morgan fingerprint density at radius 3 is 2.10 bits per heavy atom. The highest BCUT2D eigenvalue weighted by molar-refractivity contribution is 5.93. The van der Waals surface area contributed by atoms with Crippen molar-refractivity contribution in [2.24, 2.45) is 35.1 Å². The molecular weight excluding hydrogens is 370 g/mol. The molecule has 0 radical (unpaired) electrons. The fraction of sp³-hybridized carbons (Fsp3) is 0.864. The smallest absolute Gasteiger partial charge is 0.226 e. The van der Waals surface area contributed by atoms with Gasteiger partial charge in [0, 0.05) is 18.3 Å². The Bertz CT molecular complexity index is 530. The average Bonchev–Trinajstić information content (AvgIpc) is 3.17. The molecule has 0 aromatic heterocycles. The van der Waals surface area contributed by atoms with Gasteiger partial charge in [-0.05, 0) is 45.2 Å². The summed E-state index contributed by atoms with van der Waals surface area (Å²) in [6, 6.07) is -0.692. The van der Waals surface area contributed by atoms with Crippen LogP contribution in [0, 0.1) is 23.7 Å². The minimum atomic E-state index is -0.989. The normalized spacial score (nSPS) is 19.0. The van der Waals surface area contributed by atoms with E-state index in [1.807, 2.05) is 0 Å². The largest absolute Gasteiger partial charge is 0.393 e. The van der Waals surface area contributed by atoms with Crippen molar-refractivity contribution in [1.82, 2.24) is 5.32 Å². The first-order chi connectivity index (χ1) is 13.7. The number of nitrogens with two attached hydrogens (primary N) is 2. The van der Waals surface area contributed by atoms with Gasteiger partial charge in [0.25, 0.3) is 0 Å². The van der Waals surface area contributed by atoms with Crippen LogP contribution in [0.4, 0.5) is 0 Å². The molecule has 168 valence electrons. The van der Waals surface area contributed by atoms with E-state index in [-0.39, 0.29) is 36.4 Å². The third-order valence-electron chi connectivity index (χ3n) is 6.09. The standard InChI is InChI=1S/C22H41N3O4/c1-14(2)21(28)19(9-11-24)25-22(29)18(15(3)26)13-20(27)17(8-10-23)12-16-6-4-5-7-16/h14-19,26H,4-13,23-24H2,1-3H3,(H,25,29)/t15?,17?,18-,19-/m0/s1. The van der Waals surface area contributed by atoms with Crippen molar-refractivity contribution in [3.05, 3.63) is 0 Å². The molecule has 29 heavy (non-hydrogen) atoms. The summed E-state index contributed by atoms with van der Waals surface area (Å²) in [6.07, 6.45) is 5.43. The van der Waals surface area contributed by atoms with Crippen molar-refractivity contribution >= 4 is 17.5 Å². The maximum absolute atomic E-state index is 13.0. The first-order valence-electron chi connectivity index (χ1n) is 11.2. The molecule has 7 heteroatoms. The fourth-order valence-corrected chi connectivity index (χ4v) is 4.26. The molecule has 0 aromatic carbocycles. The monoisotopic (exact) mass is 411 g/mol. The third kappa shape index (κ3) is 8.52. The molecule has 0 aromatic rings. The first-order valence-corrected chi connectivity index (χ1v) is 11.2. The highest BCUT2D eigenvalue weighted by Gasteiger charge is 2.33. The molecule has 0 spiro atoms. The van der Waals surface area contributed by atoms with Crippen molar-refractivity contribution < 1.29 is 19.5 Å². The molecule has 7 nitrogen and oxygen atoms in total. The number of amides is 1. The molecule has 0 saturated heterocycles. The summed E-state index contributed by atoms with van der Waals surface area (Å²) in [5.74, 6) is -1.32. The number of carbonyl (C=O) groups excluding carboxylic acids is 3. The van der Waals surface area contributed by atoms with Gasteiger partial charge in [0.15, 0.2) is 5.78 Å². The zero-order chi connectivity index (χ0) is 22.0. The van der Waals surface area contributed by atoms with Crippen molar-refractivity contribution in [2.45, 2.75) is 84.3 Å². The number of aliphatic hydroxyl groups excluding tert-OH is 1. The Morgan fingerprint density at radius 2 is 1.62 bits per heavy atom. The molecule has 2 unspecified atom stereocenters. The number of Topliss-reactive ketones (excluding diaryl/α,β-unsaturated/α-hetero) is 2. The van der Waals surface area contributed by atoms with Crippen LogP contribution < -0.4 is 16.8 Å². The van der Waals surface area contributed by atoms with E-state index >= 15 is 0 Å². The molecule has 0 bridgehead atoms. The number of nitrogens with one attached hydrogen (secondary N) is 1. The number of carbonyl (C=O) groups is 3. The molecule has 1 aliphatic carbocycles. The number of ketones is 2. The van der Waals surface area contributed by atoms with Gasteiger partial charge in [-0.1, -0.05) is 39.5 Å². The summed E-state index contributed by atoms with van der Waals surface area (Å²) < 4.78 is 0. The maximum atomic E-state index is 13.0. The Kier molecular flexibility index (Phi) is 11.6. The summed E-state index contributed by atoms with van der Waals surface area (Å²) in [5.41, 5.74) is 11.3. The summed E-state index contributed by atoms with van der Waals surface area (Å²) in [5, 5.41) is 12.9. The lowest BCUT2D eigenvalue weighted by atomic mass is 9.83. The van der Waals surface area contributed by atoms with Crippen LogP contribution in [0.3, 0.4) is 0 Å². The number of hydrogen-bond acceptors (Lipinski definition) is 6. The zero-order valence-corrected chi connectivity index (χ0v) is 18.4. The lowest BCUT2D eigenvalue weighted by Gasteiger charge is -2.26. The highest BCUT2D eigenvalue weighted by atomic mass is 16.3. The topological polar surface area (TPSA) is 136 Å². The van der Waals surface area contributed by atoms with E-state index in [1.165, 1.54) is 19.8 Å². The van der Waals surface area contributed by atoms with Gasteiger partial charge in [-0.25, -0.2) is 0 Å². The van der Waals surface area contributed by atoms with Crippen LogP contribution in [0.25, 0.3) is 0 Å². The van der Waals surface area contributed by atoms with E-state index in [1.54, 1.807) is 13.8 Å². The molecule has 4 atom stereocenters. The van der Waals surface area contributed by atoms with E-state index < -0.39 is 24.0 Å². The van der Waals surface area contributed by atoms with Crippen LogP contribution in [0.2, 0.25) is 0 Å². The second kappa shape index (κ2) is 13.1. The van der Waals surface area contributed by atoms with Crippen molar-refractivity contribution in [3.8, 4) is 0 Å². The molecule has 1 amide bonds. The summed E-state index contributed by atoms with van der Waals surface area (Å²) >= 11 is 0. The van der Waals surface area contributed by atoms with Gasteiger partial charge in [-0.3, -0.25) is 14.4 Å². The third-order valence-corrected chi connectivity index (χ3v) is 6.09. The number of rotatable bonds is 14. The van der Waals surface area contributed by atoms with E-state index in [4.69, 9.17) is 11.5 Å². The van der Waals surface area contributed by atoms with Gasteiger partial charge < -0.3 is 21.9 Å². The lowest BCUT2D eigenvalue weighted by Crippen LogP contribution is -2.48. The summed E-state index contributed by atoms with van der Waals surface area (Å²) in [4.78, 5) is 38.1. The van der Waals surface area contributed by atoms with Crippen LogP contribution in [0.5, 0.6) is 0 Å². The van der Waals surface area contributed by atoms with Gasteiger partial charge in [-0.15, -0.1) is 0 Å². The second-order valence-electron chi connectivity index (χ2n) is 8.87. The van der Waals surface area contributed by atoms with Crippen LogP contribution >= 0.6 is 0 Å². The van der Waals surface area contributed by atoms with Gasteiger partial charge in [0.05, 0.1) is 18.1 Å². The average molecular weight is 412 g/mol. The minimum Gasteiger partial charge on any atom is -0.393 e. The zero-order valence-electron chi connectivity index (χ0n) is 18.4. The predicted molar refractivity (Wildman–Crippen MR) is 114 cm³/mol. The van der Waals surface area contributed by atoms with Gasteiger partial charge in [-0.2, -0.15) is 0 Å². The lowest BCUT2D eigenvalue weighted by molar-refractivity contribution is -0.137. The first kappa shape index (κ1) is 25.7. The van der Waals surface area contributed by atoms with Crippen molar-refractivity contribution in [2.75, 3.05) is 13.1 Å². The van der Waals surface area contributed by atoms with Gasteiger partial charge in [0.1, 0.15) is 5.78 Å². The van der Waals surface area contributed by atoms with Crippen LogP contribution in [-0.2, 0) is 14.4 Å². The maximum Gasteiger partial charge on any atom is 0.226 e. The van der Waals surface area contributed by atoms with E-state index in [9.17, 15) is 19.5 Å². The Labute approximate surface area is 175 Å². The molecule has 0 heterocycles. The van der Waals surface area contributed by atoms with E-state index in [0.29, 0.717) is 25.3 Å². The SMILES string of the molecule is CC(C)C(=O)[C@H](CCN)NC(=O)[C@@H](CC(=O)C(CCN)CC1CCCC1)C(C)O. The van der Waals surface area contributed by atoms with E-state index in [0.717, 1.165) is 19.3 Å². The highest BCUT2D eigenvalue weighted by Crippen LogP contribution is 2.32. The number of hydrogen-bond donors (Lipinski definition) is 4. The van der Waals surface area contributed by atoms with Crippen LogP contribution in [0.15, 0.2) is 0 Å². The number of aliphatic hydroxyl groups is 1. The van der Waals surface area contributed by atoms with Gasteiger partial charge >= 0.3 is 0 Å². The molecule has 1 rings (SSSR count). The molecule has 1 aliphatic rings. The molecule has 1 fully saturated rings. The van der Waals surface area contributed by atoms with Crippen molar-refractivity contribution in [1.29, 1.82) is 0 Å². The summed E-state index contributed by atoms with van der Waals surface area (Å²) in [6.45, 7) is 5.74. The quantitative estimate of drug-likeness (QED) is 0.342. The Morgan fingerprint density at radius 1 is 1.03 bits per heavy atom. The molecule has 1 saturated carbocycles. The minimum absolute atomic E-state index is 0.0195. The fourth-order valence-electron chi connectivity index (χ4n) is 4.26. The van der Waals surface area contributed by atoms with Crippen LogP contribution in [0.1, 0.15) is 72.1 Å². The molecular formula is C22H41N3O4. The predicted octanol–water partition coefficient (Wildman–Crippen LogP) is 1.55. The Hall–Kier alpha value is -1.31. The summed E-state index contributed by atoms with van der Waals surface area (Å²) in [7, 11) is 0. The van der Waals surface area contributed by atoms with E-state index in [2.05, 4.69) is 5.32 Å². The Balaban J connectivity index is 2.81. The molecule has 6 N–H and O–H groups in total. The molecule has 0 aliphatic heterocycles. The van der Waals surface area contributed by atoms with Crippen LogP contribution in [-0.4, -0.2) is 47.8 Å². The van der Waals surface area contributed by atoms with Crippen molar-refractivity contribution in [3.63, 3.8) is 0 Å². The second-order valence-corrected chi connectivity index (χ2v) is 8.87. The van der Waals surface area contributed by atoms with Gasteiger partial charge in [0.2, 0.25) is 5.91 Å².